The molecule has 0 bridgehead atoms. The highest BCUT2D eigenvalue weighted by Gasteiger charge is 2.36. The number of rotatable bonds is 6. The lowest BCUT2D eigenvalue weighted by atomic mass is 9.67. The van der Waals surface area contributed by atoms with Gasteiger partial charge in [0.25, 0.3) is 5.69 Å². The smallest absolute Gasteiger partial charge is 0.258 e. The predicted octanol–water partition coefficient (Wildman–Crippen LogP) is 3.11. The Kier molecular flexibility index (Phi) is 4.55. The first-order valence-corrected chi connectivity index (χ1v) is 8.59. The average Bonchev–Trinajstić information content (AvgIpc) is 2.38. The minimum atomic E-state index is -3.85. The van der Waals surface area contributed by atoms with E-state index < -0.39 is 14.9 Å². The number of halogens is 1. The van der Waals surface area contributed by atoms with E-state index in [1.807, 2.05) is 6.92 Å². The van der Waals surface area contributed by atoms with E-state index in [9.17, 15) is 18.5 Å². The SMILES string of the molecule is CCC1(CNS(=O)(=O)c2cc([N+](=O)[O-])ccc2Cl)CCC1. The summed E-state index contributed by atoms with van der Waals surface area (Å²) < 4.78 is 27.2. The van der Waals surface area contributed by atoms with E-state index in [0.717, 1.165) is 31.7 Å². The summed E-state index contributed by atoms with van der Waals surface area (Å²) in [6.45, 7) is 2.37. The molecule has 0 radical (unpaired) electrons. The maximum atomic E-state index is 12.3. The fourth-order valence-electron chi connectivity index (χ4n) is 2.47. The molecule has 0 atom stereocenters. The van der Waals surface area contributed by atoms with Gasteiger partial charge in [0.15, 0.2) is 0 Å². The third-order valence-corrected chi connectivity index (χ3v) is 6.10. The molecule has 0 aromatic heterocycles. The summed E-state index contributed by atoms with van der Waals surface area (Å²) in [4.78, 5) is 9.87. The number of hydrogen-bond acceptors (Lipinski definition) is 4. The number of non-ortho nitro benzene ring substituents is 1. The molecule has 1 aromatic carbocycles. The van der Waals surface area contributed by atoms with Gasteiger partial charge in [-0.25, -0.2) is 13.1 Å². The molecular formula is C13H17ClN2O4S. The van der Waals surface area contributed by atoms with Crippen LogP contribution in [0.4, 0.5) is 5.69 Å². The standard InChI is InChI=1S/C13H17ClN2O4S/c1-2-13(6-3-7-13)9-15-21(19,20)12-8-10(16(17)18)4-5-11(12)14/h4-5,8,15H,2-3,6-7,9H2,1H3. The normalized spacial score (nSPS) is 17.2. The largest absolute Gasteiger partial charge is 0.270 e. The van der Waals surface area contributed by atoms with Gasteiger partial charge in [-0.1, -0.05) is 24.9 Å². The number of nitro benzene ring substituents is 1. The second-order valence-electron chi connectivity index (χ2n) is 5.40. The van der Waals surface area contributed by atoms with Gasteiger partial charge < -0.3 is 0 Å². The van der Waals surface area contributed by atoms with Crippen molar-refractivity contribution in [3.8, 4) is 0 Å². The summed E-state index contributed by atoms with van der Waals surface area (Å²) in [5, 5.41) is 10.7. The number of nitrogens with one attached hydrogen (secondary N) is 1. The molecule has 1 aliphatic carbocycles. The van der Waals surface area contributed by atoms with Crippen molar-refractivity contribution >= 4 is 27.3 Å². The van der Waals surface area contributed by atoms with Crippen molar-refractivity contribution in [2.24, 2.45) is 5.41 Å². The van der Waals surface area contributed by atoms with Crippen molar-refractivity contribution in [3.05, 3.63) is 33.3 Å². The van der Waals surface area contributed by atoms with Crippen LogP contribution in [-0.4, -0.2) is 19.9 Å². The molecule has 6 nitrogen and oxygen atoms in total. The van der Waals surface area contributed by atoms with Crippen LogP contribution in [0.5, 0.6) is 0 Å². The number of benzene rings is 1. The minimum absolute atomic E-state index is 0.0141. The number of hydrogen-bond donors (Lipinski definition) is 1. The molecule has 1 aliphatic rings. The topological polar surface area (TPSA) is 89.3 Å². The van der Waals surface area contributed by atoms with E-state index >= 15 is 0 Å². The molecule has 1 saturated carbocycles. The Bertz CT molecular complexity index is 651. The highest BCUT2D eigenvalue weighted by Crippen LogP contribution is 2.43. The third-order valence-electron chi connectivity index (χ3n) is 4.22. The lowest BCUT2D eigenvalue weighted by molar-refractivity contribution is -0.385. The monoisotopic (exact) mass is 332 g/mol. The molecule has 1 fully saturated rings. The summed E-state index contributed by atoms with van der Waals surface area (Å²) in [6.07, 6.45) is 3.99. The molecule has 1 aromatic rings. The van der Waals surface area contributed by atoms with Crippen molar-refractivity contribution in [2.45, 2.75) is 37.5 Å². The molecule has 2 rings (SSSR count). The summed E-state index contributed by atoms with van der Waals surface area (Å²) in [5.41, 5.74) is -0.283. The van der Waals surface area contributed by atoms with E-state index in [-0.39, 0.29) is 21.0 Å². The fourth-order valence-corrected chi connectivity index (χ4v) is 4.14. The van der Waals surface area contributed by atoms with Crippen molar-refractivity contribution < 1.29 is 13.3 Å². The first-order chi connectivity index (χ1) is 9.80. The van der Waals surface area contributed by atoms with Gasteiger partial charge in [-0.15, -0.1) is 0 Å². The summed E-state index contributed by atoms with van der Waals surface area (Å²) in [5.74, 6) is 0. The highest BCUT2D eigenvalue weighted by molar-refractivity contribution is 7.89. The van der Waals surface area contributed by atoms with E-state index in [4.69, 9.17) is 11.6 Å². The molecule has 1 N–H and O–H groups in total. The number of nitrogens with zero attached hydrogens (tertiary/aromatic N) is 1. The molecule has 0 heterocycles. The summed E-state index contributed by atoms with van der Waals surface area (Å²) in [6, 6.07) is 3.40. The van der Waals surface area contributed by atoms with Gasteiger partial charge >= 0.3 is 0 Å². The fraction of sp³-hybridized carbons (Fsp3) is 0.538. The predicted molar refractivity (Wildman–Crippen MR) is 79.9 cm³/mol. The zero-order valence-electron chi connectivity index (χ0n) is 11.6. The van der Waals surface area contributed by atoms with Crippen molar-refractivity contribution in [1.82, 2.24) is 4.72 Å². The van der Waals surface area contributed by atoms with Gasteiger partial charge in [-0.2, -0.15) is 0 Å². The molecule has 0 aliphatic heterocycles. The molecule has 116 valence electrons. The van der Waals surface area contributed by atoms with Crippen molar-refractivity contribution in [2.75, 3.05) is 6.54 Å². The van der Waals surface area contributed by atoms with E-state index in [0.29, 0.717) is 6.54 Å². The molecular weight excluding hydrogens is 316 g/mol. The molecule has 0 spiro atoms. The Morgan fingerprint density at radius 3 is 2.57 bits per heavy atom. The van der Waals surface area contributed by atoms with Crippen molar-refractivity contribution in [3.63, 3.8) is 0 Å². The Morgan fingerprint density at radius 2 is 2.10 bits per heavy atom. The van der Waals surface area contributed by atoms with Crippen LogP contribution >= 0.6 is 11.6 Å². The van der Waals surface area contributed by atoms with Crippen molar-refractivity contribution in [1.29, 1.82) is 0 Å². The molecule has 0 saturated heterocycles. The lowest BCUT2D eigenvalue weighted by Gasteiger charge is -2.41. The van der Waals surface area contributed by atoms with Crippen LogP contribution in [0.15, 0.2) is 23.1 Å². The van der Waals surface area contributed by atoms with Gasteiger partial charge in [0.1, 0.15) is 4.90 Å². The summed E-state index contributed by atoms with van der Waals surface area (Å²) >= 11 is 5.88. The first-order valence-electron chi connectivity index (χ1n) is 6.73. The zero-order chi connectivity index (χ0) is 15.7. The van der Waals surface area contributed by atoms with Crippen LogP contribution in [0.3, 0.4) is 0 Å². The van der Waals surface area contributed by atoms with Gasteiger partial charge in [-0.3, -0.25) is 10.1 Å². The Labute approximate surface area is 128 Å². The lowest BCUT2D eigenvalue weighted by Crippen LogP contribution is -2.41. The van der Waals surface area contributed by atoms with Crippen LogP contribution < -0.4 is 4.72 Å². The van der Waals surface area contributed by atoms with Crippen LogP contribution in [0.25, 0.3) is 0 Å². The average molecular weight is 333 g/mol. The second-order valence-corrected chi connectivity index (χ2v) is 7.55. The maximum Gasteiger partial charge on any atom is 0.270 e. The molecule has 21 heavy (non-hydrogen) atoms. The van der Waals surface area contributed by atoms with E-state index in [1.54, 1.807) is 0 Å². The van der Waals surface area contributed by atoms with E-state index in [1.165, 1.54) is 12.1 Å². The number of nitro groups is 1. The van der Waals surface area contributed by atoms with Gasteiger partial charge in [0.2, 0.25) is 10.0 Å². The maximum absolute atomic E-state index is 12.3. The third kappa shape index (κ3) is 3.36. The van der Waals surface area contributed by atoms with Crippen LogP contribution in [0.1, 0.15) is 32.6 Å². The second kappa shape index (κ2) is 5.90. The Morgan fingerprint density at radius 1 is 1.43 bits per heavy atom. The Hall–Kier alpha value is -1.18. The molecule has 0 amide bonds. The quantitative estimate of drug-likeness (QED) is 0.640. The first kappa shape index (κ1) is 16.2. The van der Waals surface area contributed by atoms with Crippen LogP contribution in [0, 0.1) is 15.5 Å². The van der Waals surface area contributed by atoms with Crippen LogP contribution in [0.2, 0.25) is 5.02 Å². The zero-order valence-corrected chi connectivity index (χ0v) is 13.2. The highest BCUT2D eigenvalue weighted by atomic mass is 35.5. The minimum Gasteiger partial charge on any atom is -0.258 e. The Balaban J connectivity index is 2.23. The molecule has 0 unspecified atom stereocenters. The van der Waals surface area contributed by atoms with Crippen LogP contribution in [-0.2, 0) is 10.0 Å². The van der Waals surface area contributed by atoms with Gasteiger partial charge in [0.05, 0.1) is 9.95 Å². The van der Waals surface area contributed by atoms with Gasteiger partial charge in [-0.05, 0) is 30.7 Å². The number of sulfonamides is 1. The van der Waals surface area contributed by atoms with E-state index in [2.05, 4.69) is 4.72 Å². The summed E-state index contributed by atoms with van der Waals surface area (Å²) in [7, 11) is -3.85. The van der Waals surface area contributed by atoms with Gasteiger partial charge in [0, 0.05) is 18.7 Å². The molecule has 8 heteroatoms.